The summed E-state index contributed by atoms with van der Waals surface area (Å²) in [5, 5.41) is 6.21. The van der Waals surface area contributed by atoms with E-state index >= 15 is 0 Å². The average molecular weight is 324 g/mol. The average Bonchev–Trinajstić information content (AvgIpc) is 3.04. The Hall–Kier alpha value is -2.90. The van der Waals surface area contributed by atoms with Crippen LogP contribution in [0.15, 0.2) is 52.2 Å². The highest BCUT2D eigenvalue weighted by molar-refractivity contribution is 5.80. The van der Waals surface area contributed by atoms with Crippen molar-refractivity contribution < 1.29 is 27.6 Å². The Kier molecular flexibility index (Phi) is 6.10. The SMILES string of the molecule is O=C(CON=Cc1ccc(OC(F)F)cc1)NCc1ccco1. The maximum absolute atomic E-state index is 12.0. The van der Waals surface area contributed by atoms with E-state index in [0.717, 1.165) is 0 Å². The Morgan fingerprint density at radius 2 is 2.09 bits per heavy atom. The molecule has 0 saturated carbocycles. The van der Waals surface area contributed by atoms with Crippen LogP contribution in [0.3, 0.4) is 0 Å². The summed E-state index contributed by atoms with van der Waals surface area (Å²) < 4.78 is 33.2. The van der Waals surface area contributed by atoms with Gasteiger partial charge in [0.2, 0.25) is 0 Å². The molecule has 0 radical (unpaired) electrons. The minimum Gasteiger partial charge on any atom is -0.467 e. The summed E-state index contributed by atoms with van der Waals surface area (Å²) in [4.78, 5) is 16.3. The highest BCUT2D eigenvalue weighted by atomic mass is 19.3. The Morgan fingerprint density at radius 3 is 2.74 bits per heavy atom. The molecule has 0 saturated heterocycles. The van der Waals surface area contributed by atoms with E-state index in [2.05, 4.69) is 15.2 Å². The first kappa shape index (κ1) is 16.5. The number of hydrogen-bond acceptors (Lipinski definition) is 5. The maximum atomic E-state index is 12.0. The molecule has 1 N–H and O–H groups in total. The van der Waals surface area contributed by atoms with E-state index in [1.54, 1.807) is 12.1 Å². The third-order valence-electron chi connectivity index (χ3n) is 2.62. The fraction of sp³-hybridized carbons (Fsp3) is 0.200. The molecule has 2 aromatic rings. The standard InChI is InChI=1S/C15H14F2N2O4/c16-15(17)23-12-5-3-11(4-6-12)8-19-22-10-14(20)18-9-13-2-1-7-21-13/h1-8,15H,9-10H2,(H,18,20). The summed E-state index contributed by atoms with van der Waals surface area (Å²) in [5.74, 6) is 0.336. The number of ether oxygens (including phenoxy) is 1. The largest absolute Gasteiger partial charge is 0.467 e. The van der Waals surface area contributed by atoms with E-state index in [1.165, 1.54) is 36.7 Å². The molecule has 1 heterocycles. The van der Waals surface area contributed by atoms with Gasteiger partial charge in [-0.15, -0.1) is 0 Å². The minimum absolute atomic E-state index is 0.0513. The molecule has 23 heavy (non-hydrogen) atoms. The van der Waals surface area contributed by atoms with Crippen LogP contribution in [0.4, 0.5) is 8.78 Å². The quantitative estimate of drug-likeness (QED) is 0.598. The molecule has 0 aliphatic carbocycles. The van der Waals surface area contributed by atoms with Crippen LogP contribution < -0.4 is 10.1 Å². The Bertz CT molecular complexity index is 627. The normalized spacial score (nSPS) is 10.9. The van der Waals surface area contributed by atoms with Gasteiger partial charge in [-0.25, -0.2) is 0 Å². The van der Waals surface area contributed by atoms with Gasteiger partial charge in [0.25, 0.3) is 5.91 Å². The molecule has 8 heteroatoms. The van der Waals surface area contributed by atoms with E-state index in [1.807, 2.05) is 0 Å². The van der Waals surface area contributed by atoms with Crippen LogP contribution in [-0.2, 0) is 16.2 Å². The lowest BCUT2D eigenvalue weighted by molar-refractivity contribution is -0.125. The van der Waals surface area contributed by atoms with Gasteiger partial charge in [0.05, 0.1) is 19.0 Å². The molecule has 1 aromatic carbocycles. The molecule has 2 rings (SSSR count). The summed E-state index contributed by atoms with van der Waals surface area (Å²) in [5.41, 5.74) is 0.614. The van der Waals surface area contributed by atoms with Crippen LogP contribution in [0, 0.1) is 0 Å². The molecular weight excluding hydrogens is 310 g/mol. The van der Waals surface area contributed by atoms with Gasteiger partial charge >= 0.3 is 6.61 Å². The first-order valence-electron chi connectivity index (χ1n) is 6.63. The van der Waals surface area contributed by atoms with Crippen molar-refractivity contribution in [2.75, 3.05) is 6.61 Å². The topological polar surface area (TPSA) is 73.1 Å². The van der Waals surface area contributed by atoms with Crippen molar-refractivity contribution in [1.82, 2.24) is 5.32 Å². The third-order valence-corrected chi connectivity index (χ3v) is 2.62. The lowest BCUT2D eigenvalue weighted by atomic mass is 10.2. The summed E-state index contributed by atoms with van der Waals surface area (Å²) in [6.07, 6.45) is 2.87. The number of oxime groups is 1. The number of halogens is 2. The van der Waals surface area contributed by atoms with Gasteiger partial charge in [0.15, 0.2) is 6.61 Å². The van der Waals surface area contributed by atoms with Crippen molar-refractivity contribution in [3.8, 4) is 5.75 Å². The molecule has 6 nitrogen and oxygen atoms in total. The van der Waals surface area contributed by atoms with E-state index in [-0.39, 0.29) is 24.8 Å². The van der Waals surface area contributed by atoms with Crippen LogP contribution in [0.5, 0.6) is 5.75 Å². The molecule has 1 amide bonds. The highest BCUT2D eigenvalue weighted by Gasteiger charge is 2.04. The number of benzene rings is 1. The smallest absolute Gasteiger partial charge is 0.387 e. The van der Waals surface area contributed by atoms with Gasteiger partial charge in [-0.2, -0.15) is 8.78 Å². The number of carbonyl (C=O) groups excluding carboxylic acids is 1. The molecule has 122 valence electrons. The van der Waals surface area contributed by atoms with E-state index in [9.17, 15) is 13.6 Å². The highest BCUT2D eigenvalue weighted by Crippen LogP contribution is 2.13. The fourth-order valence-corrected chi connectivity index (χ4v) is 1.58. The molecule has 0 aliphatic rings. The predicted molar refractivity (Wildman–Crippen MR) is 77.2 cm³/mol. The molecule has 0 unspecified atom stereocenters. The maximum Gasteiger partial charge on any atom is 0.387 e. The molecule has 1 aromatic heterocycles. The number of nitrogens with zero attached hydrogens (tertiary/aromatic N) is 1. The van der Waals surface area contributed by atoms with E-state index < -0.39 is 6.61 Å². The van der Waals surface area contributed by atoms with Crippen molar-refractivity contribution in [1.29, 1.82) is 0 Å². The Morgan fingerprint density at radius 1 is 1.30 bits per heavy atom. The first-order valence-corrected chi connectivity index (χ1v) is 6.63. The van der Waals surface area contributed by atoms with Crippen LogP contribution >= 0.6 is 0 Å². The number of rotatable bonds is 8. The van der Waals surface area contributed by atoms with Crippen LogP contribution in [-0.4, -0.2) is 25.3 Å². The van der Waals surface area contributed by atoms with Crippen molar-refractivity contribution >= 4 is 12.1 Å². The van der Waals surface area contributed by atoms with Crippen LogP contribution in [0.2, 0.25) is 0 Å². The van der Waals surface area contributed by atoms with Crippen molar-refractivity contribution in [2.45, 2.75) is 13.2 Å². The zero-order valence-corrected chi connectivity index (χ0v) is 11.9. The van der Waals surface area contributed by atoms with Gasteiger partial charge in [-0.05, 0) is 42.0 Å². The number of amides is 1. The fourth-order valence-electron chi connectivity index (χ4n) is 1.58. The molecule has 0 spiro atoms. The number of carbonyl (C=O) groups is 1. The minimum atomic E-state index is -2.86. The summed E-state index contributed by atoms with van der Waals surface area (Å²) in [6, 6.07) is 9.27. The monoisotopic (exact) mass is 324 g/mol. The molecule has 0 atom stereocenters. The van der Waals surface area contributed by atoms with Crippen LogP contribution in [0.25, 0.3) is 0 Å². The summed E-state index contributed by atoms with van der Waals surface area (Å²) >= 11 is 0. The second-order valence-corrected chi connectivity index (χ2v) is 4.31. The second-order valence-electron chi connectivity index (χ2n) is 4.31. The Balaban J connectivity index is 1.68. The van der Waals surface area contributed by atoms with Crippen LogP contribution in [0.1, 0.15) is 11.3 Å². The van der Waals surface area contributed by atoms with Crippen molar-refractivity contribution in [3.05, 3.63) is 54.0 Å². The molecule has 0 fully saturated rings. The van der Waals surface area contributed by atoms with Gasteiger partial charge in [0, 0.05) is 0 Å². The van der Waals surface area contributed by atoms with Gasteiger partial charge < -0.3 is 19.3 Å². The number of furan rings is 1. The van der Waals surface area contributed by atoms with E-state index in [4.69, 9.17) is 9.25 Å². The van der Waals surface area contributed by atoms with E-state index in [0.29, 0.717) is 11.3 Å². The van der Waals surface area contributed by atoms with Gasteiger partial charge in [-0.3, -0.25) is 4.79 Å². The first-order chi connectivity index (χ1) is 11.1. The van der Waals surface area contributed by atoms with Gasteiger partial charge in [-0.1, -0.05) is 5.16 Å². The summed E-state index contributed by atoms with van der Waals surface area (Å²) in [7, 11) is 0. The third kappa shape index (κ3) is 6.16. The zero-order valence-electron chi connectivity index (χ0n) is 11.9. The second kappa shape index (κ2) is 8.52. The number of nitrogens with one attached hydrogen (secondary N) is 1. The lowest BCUT2D eigenvalue weighted by Gasteiger charge is -2.03. The lowest BCUT2D eigenvalue weighted by Crippen LogP contribution is -2.26. The molecular formula is C15H14F2N2O4. The predicted octanol–water partition coefficient (Wildman–Crippen LogP) is 2.55. The van der Waals surface area contributed by atoms with Crippen molar-refractivity contribution in [2.24, 2.45) is 5.16 Å². The molecule has 0 bridgehead atoms. The zero-order chi connectivity index (χ0) is 16.5. The van der Waals surface area contributed by atoms with Crippen molar-refractivity contribution in [3.63, 3.8) is 0 Å². The Labute approximate surface area is 130 Å². The number of hydrogen-bond donors (Lipinski definition) is 1. The van der Waals surface area contributed by atoms with Gasteiger partial charge in [0.1, 0.15) is 11.5 Å². The molecule has 0 aliphatic heterocycles. The summed E-state index contributed by atoms with van der Waals surface area (Å²) in [6.45, 7) is -2.84. The number of alkyl halides is 2.